The molecular formula is C18H19NO4S. The lowest BCUT2D eigenvalue weighted by Crippen LogP contribution is -2.29. The average molecular weight is 345 g/mol. The molecule has 0 unspecified atom stereocenters. The minimum absolute atomic E-state index is 0.252. The molecule has 0 spiro atoms. The Labute approximate surface area is 144 Å². The first kappa shape index (κ1) is 16.5. The predicted octanol–water partition coefficient (Wildman–Crippen LogP) is 3.38. The van der Waals surface area contributed by atoms with E-state index in [1.54, 1.807) is 6.07 Å². The monoisotopic (exact) mass is 345 g/mol. The van der Waals surface area contributed by atoms with Crippen molar-refractivity contribution in [2.75, 3.05) is 13.2 Å². The first-order chi connectivity index (χ1) is 11.7. The highest BCUT2D eigenvalue weighted by Crippen LogP contribution is 2.42. The molecule has 24 heavy (non-hydrogen) atoms. The molecule has 2 aromatic rings. The van der Waals surface area contributed by atoms with E-state index >= 15 is 0 Å². The van der Waals surface area contributed by atoms with Gasteiger partial charge in [0.1, 0.15) is 17.2 Å². The van der Waals surface area contributed by atoms with Crippen molar-refractivity contribution in [1.29, 1.82) is 0 Å². The molecule has 2 heterocycles. The summed E-state index contributed by atoms with van der Waals surface area (Å²) in [5.74, 6) is 0.0754. The standard InChI is InChI=1S/C18H19NO4S/c1-2-3-8-19-16(20)11-23-18(21)15-9-12-10-22-14-7-5-4-6-13(14)17(12)24-15/h4-7,9H,2-3,8,10-11H2,1H3,(H,19,20). The summed E-state index contributed by atoms with van der Waals surface area (Å²) in [6, 6.07) is 9.53. The second kappa shape index (κ2) is 7.49. The molecular weight excluding hydrogens is 326 g/mol. The fourth-order valence-electron chi connectivity index (χ4n) is 2.46. The van der Waals surface area contributed by atoms with Gasteiger partial charge in [-0.15, -0.1) is 11.3 Å². The van der Waals surface area contributed by atoms with E-state index in [-0.39, 0.29) is 12.5 Å². The Bertz CT molecular complexity index is 753. The van der Waals surface area contributed by atoms with Crippen LogP contribution in [0, 0.1) is 0 Å². The van der Waals surface area contributed by atoms with Crippen molar-refractivity contribution in [3.8, 4) is 16.2 Å². The van der Waals surface area contributed by atoms with Crippen LogP contribution in [0.2, 0.25) is 0 Å². The van der Waals surface area contributed by atoms with Gasteiger partial charge in [0.15, 0.2) is 6.61 Å². The van der Waals surface area contributed by atoms with Crippen LogP contribution >= 0.6 is 11.3 Å². The number of fused-ring (bicyclic) bond motifs is 3. The molecule has 3 rings (SSSR count). The number of para-hydroxylation sites is 1. The molecule has 0 fully saturated rings. The zero-order valence-electron chi connectivity index (χ0n) is 13.5. The van der Waals surface area contributed by atoms with Crippen LogP contribution in [0.5, 0.6) is 5.75 Å². The van der Waals surface area contributed by atoms with Crippen molar-refractivity contribution in [1.82, 2.24) is 5.32 Å². The van der Waals surface area contributed by atoms with Gasteiger partial charge >= 0.3 is 5.97 Å². The summed E-state index contributed by atoms with van der Waals surface area (Å²) in [4.78, 5) is 25.3. The number of rotatable bonds is 6. The Balaban J connectivity index is 1.64. The van der Waals surface area contributed by atoms with Gasteiger partial charge in [-0.3, -0.25) is 4.79 Å². The Hall–Kier alpha value is -2.34. The Morgan fingerprint density at radius 3 is 3.00 bits per heavy atom. The number of nitrogens with one attached hydrogen (secondary N) is 1. The number of esters is 1. The van der Waals surface area contributed by atoms with Crippen LogP contribution in [0.1, 0.15) is 35.0 Å². The van der Waals surface area contributed by atoms with Crippen molar-refractivity contribution in [3.05, 3.63) is 40.8 Å². The average Bonchev–Trinajstić information content (AvgIpc) is 3.05. The lowest BCUT2D eigenvalue weighted by atomic mass is 10.1. The second-order valence-electron chi connectivity index (χ2n) is 5.53. The molecule has 5 nitrogen and oxygen atoms in total. The number of carbonyl (C=O) groups excluding carboxylic acids is 2. The fourth-order valence-corrected chi connectivity index (χ4v) is 3.55. The van der Waals surface area contributed by atoms with E-state index in [1.165, 1.54) is 11.3 Å². The van der Waals surface area contributed by atoms with E-state index in [4.69, 9.17) is 9.47 Å². The lowest BCUT2D eigenvalue weighted by Gasteiger charge is -2.16. The van der Waals surface area contributed by atoms with Crippen molar-refractivity contribution in [3.63, 3.8) is 0 Å². The molecule has 1 aliphatic heterocycles. The topological polar surface area (TPSA) is 64.6 Å². The summed E-state index contributed by atoms with van der Waals surface area (Å²) in [6.45, 7) is 2.84. The zero-order valence-corrected chi connectivity index (χ0v) is 14.3. The maximum atomic E-state index is 12.2. The van der Waals surface area contributed by atoms with Crippen molar-refractivity contribution in [2.24, 2.45) is 0 Å². The smallest absolute Gasteiger partial charge is 0.348 e. The summed E-state index contributed by atoms with van der Waals surface area (Å²) >= 11 is 1.37. The number of ether oxygens (including phenoxy) is 2. The van der Waals surface area contributed by atoms with Crippen LogP contribution in [0.3, 0.4) is 0 Å². The van der Waals surface area contributed by atoms with Gasteiger partial charge < -0.3 is 14.8 Å². The van der Waals surface area contributed by atoms with Gasteiger partial charge in [-0.1, -0.05) is 25.5 Å². The Morgan fingerprint density at radius 1 is 1.33 bits per heavy atom. The van der Waals surface area contributed by atoms with Gasteiger partial charge in [0.05, 0.1) is 0 Å². The van der Waals surface area contributed by atoms with Crippen LogP contribution in [0.4, 0.5) is 0 Å². The number of hydrogen-bond donors (Lipinski definition) is 1. The van der Waals surface area contributed by atoms with Gasteiger partial charge in [-0.05, 0) is 24.6 Å². The van der Waals surface area contributed by atoms with E-state index in [1.807, 2.05) is 31.2 Å². The van der Waals surface area contributed by atoms with E-state index < -0.39 is 5.97 Å². The van der Waals surface area contributed by atoms with Crippen LogP contribution in [0.25, 0.3) is 10.4 Å². The quantitative estimate of drug-likeness (QED) is 0.644. The first-order valence-electron chi connectivity index (χ1n) is 7.97. The maximum Gasteiger partial charge on any atom is 0.348 e. The van der Waals surface area contributed by atoms with Crippen LogP contribution in [0.15, 0.2) is 30.3 Å². The third kappa shape index (κ3) is 3.59. The highest BCUT2D eigenvalue weighted by molar-refractivity contribution is 7.17. The van der Waals surface area contributed by atoms with Crippen LogP contribution < -0.4 is 10.1 Å². The minimum Gasteiger partial charge on any atom is -0.488 e. The molecule has 0 bridgehead atoms. The first-order valence-corrected chi connectivity index (χ1v) is 8.79. The Kier molecular flexibility index (Phi) is 5.15. The number of carbonyl (C=O) groups is 2. The third-order valence-corrected chi connectivity index (χ3v) is 4.90. The minimum atomic E-state index is -0.475. The number of hydrogen-bond acceptors (Lipinski definition) is 5. The molecule has 6 heteroatoms. The summed E-state index contributed by atoms with van der Waals surface area (Å²) in [5.41, 5.74) is 1.96. The molecule has 1 N–H and O–H groups in total. The zero-order chi connectivity index (χ0) is 16.9. The normalized spacial score (nSPS) is 11.9. The highest BCUT2D eigenvalue weighted by atomic mass is 32.1. The van der Waals surface area contributed by atoms with Gasteiger partial charge in [0, 0.05) is 22.5 Å². The Morgan fingerprint density at radius 2 is 2.17 bits per heavy atom. The lowest BCUT2D eigenvalue weighted by molar-refractivity contribution is -0.124. The van der Waals surface area contributed by atoms with Gasteiger partial charge in [-0.2, -0.15) is 0 Å². The van der Waals surface area contributed by atoms with E-state index in [0.717, 1.165) is 34.6 Å². The number of amides is 1. The predicted molar refractivity (Wildman–Crippen MR) is 92.3 cm³/mol. The molecule has 1 amide bonds. The highest BCUT2D eigenvalue weighted by Gasteiger charge is 2.23. The van der Waals surface area contributed by atoms with E-state index in [0.29, 0.717) is 18.0 Å². The molecule has 1 aromatic heterocycles. The van der Waals surface area contributed by atoms with E-state index in [2.05, 4.69) is 5.32 Å². The number of unbranched alkanes of at least 4 members (excludes halogenated alkanes) is 1. The summed E-state index contributed by atoms with van der Waals surface area (Å²) in [7, 11) is 0. The summed E-state index contributed by atoms with van der Waals surface area (Å²) in [6.07, 6.45) is 1.92. The largest absolute Gasteiger partial charge is 0.488 e. The summed E-state index contributed by atoms with van der Waals surface area (Å²) in [5, 5.41) is 2.72. The molecule has 0 radical (unpaired) electrons. The number of benzene rings is 1. The molecule has 0 saturated heterocycles. The molecule has 126 valence electrons. The molecule has 0 atom stereocenters. The molecule has 0 aliphatic carbocycles. The van der Waals surface area contributed by atoms with Gasteiger partial charge in [0.25, 0.3) is 5.91 Å². The second-order valence-corrected chi connectivity index (χ2v) is 6.58. The van der Waals surface area contributed by atoms with Crippen molar-refractivity contribution in [2.45, 2.75) is 26.4 Å². The molecule has 0 saturated carbocycles. The van der Waals surface area contributed by atoms with Crippen molar-refractivity contribution < 1.29 is 19.1 Å². The van der Waals surface area contributed by atoms with Gasteiger partial charge in [0.2, 0.25) is 0 Å². The molecule has 1 aliphatic rings. The SMILES string of the molecule is CCCCNC(=O)COC(=O)c1cc2c(s1)-c1ccccc1OC2. The van der Waals surface area contributed by atoms with Gasteiger partial charge in [-0.25, -0.2) is 4.79 Å². The fraction of sp³-hybridized carbons (Fsp3) is 0.333. The van der Waals surface area contributed by atoms with Crippen LogP contribution in [-0.4, -0.2) is 25.0 Å². The maximum absolute atomic E-state index is 12.2. The molecule has 1 aromatic carbocycles. The third-order valence-electron chi connectivity index (χ3n) is 3.71. The number of thiophene rings is 1. The van der Waals surface area contributed by atoms with E-state index in [9.17, 15) is 9.59 Å². The van der Waals surface area contributed by atoms with Crippen LogP contribution in [-0.2, 0) is 16.1 Å². The summed E-state index contributed by atoms with van der Waals surface area (Å²) < 4.78 is 10.8. The van der Waals surface area contributed by atoms with Crippen molar-refractivity contribution >= 4 is 23.2 Å².